The number of carbonyl (C=O) groups excluding carboxylic acids is 1. The van der Waals surface area contributed by atoms with Crippen LogP contribution in [0.2, 0.25) is 0 Å². The minimum absolute atomic E-state index is 0.0195. The number of ether oxygens (including phenoxy) is 1. The van der Waals surface area contributed by atoms with E-state index >= 15 is 0 Å². The van der Waals surface area contributed by atoms with Crippen molar-refractivity contribution < 1.29 is 9.53 Å². The molecule has 1 N–H and O–H groups in total. The highest BCUT2D eigenvalue weighted by atomic mass is 16.5. The van der Waals surface area contributed by atoms with E-state index in [0.717, 1.165) is 17.8 Å². The van der Waals surface area contributed by atoms with Crippen molar-refractivity contribution >= 4 is 11.4 Å². The van der Waals surface area contributed by atoms with Crippen LogP contribution in [-0.2, 0) is 4.74 Å². The van der Waals surface area contributed by atoms with E-state index in [9.17, 15) is 4.79 Å². The summed E-state index contributed by atoms with van der Waals surface area (Å²) in [6.45, 7) is 0.558. The van der Waals surface area contributed by atoms with Crippen molar-refractivity contribution in [3.63, 3.8) is 0 Å². The molecule has 2 atom stereocenters. The third kappa shape index (κ3) is 2.39. The normalized spacial score (nSPS) is 21.2. The summed E-state index contributed by atoms with van der Waals surface area (Å²) < 4.78 is 7.31. The first kappa shape index (κ1) is 14.0. The van der Waals surface area contributed by atoms with Crippen LogP contribution in [0.1, 0.15) is 28.6 Å². The Morgan fingerprint density at radius 3 is 3.13 bits per heavy atom. The molecule has 0 unspecified atom stereocenters. The molecule has 0 bridgehead atoms. The van der Waals surface area contributed by atoms with Crippen molar-refractivity contribution in [3.8, 4) is 0 Å². The van der Waals surface area contributed by atoms with Gasteiger partial charge in [0.1, 0.15) is 5.82 Å². The molecule has 23 heavy (non-hydrogen) atoms. The molecule has 0 saturated carbocycles. The standard InChI is InChI=1S/C16H17N5O2/c1-23-13-6-14(15-18-4-5-19-15)21(9-13)16(22)11-2-3-12-7-17-10-20(12)8-11/h2-5,7-8,10,13-14H,6,9H2,1H3,(H,18,19)/t13-,14+/m1/s1. The third-order valence-electron chi connectivity index (χ3n) is 4.35. The van der Waals surface area contributed by atoms with E-state index in [0.29, 0.717) is 12.1 Å². The lowest BCUT2D eigenvalue weighted by Gasteiger charge is -2.23. The Morgan fingerprint density at radius 1 is 1.43 bits per heavy atom. The van der Waals surface area contributed by atoms with Gasteiger partial charge >= 0.3 is 0 Å². The Balaban J connectivity index is 1.67. The van der Waals surface area contributed by atoms with E-state index in [-0.39, 0.29) is 18.1 Å². The SMILES string of the molecule is CO[C@@H]1C[C@@H](c2ncc[nH]2)N(C(=O)c2ccc3cncn3c2)C1. The minimum atomic E-state index is -0.0964. The molecule has 3 aromatic rings. The maximum Gasteiger partial charge on any atom is 0.256 e. The third-order valence-corrected chi connectivity index (χ3v) is 4.35. The molecule has 0 aromatic carbocycles. The van der Waals surface area contributed by atoms with Gasteiger partial charge < -0.3 is 19.0 Å². The largest absolute Gasteiger partial charge is 0.380 e. The highest BCUT2D eigenvalue weighted by molar-refractivity contribution is 5.94. The van der Waals surface area contributed by atoms with Gasteiger partial charge in [-0.3, -0.25) is 4.79 Å². The molecule has 1 amide bonds. The van der Waals surface area contributed by atoms with Gasteiger partial charge in [0.05, 0.1) is 35.8 Å². The van der Waals surface area contributed by atoms with Crippen LogP contribution in [0.15, 0.2) is 43.2 Å². The number of hydrogen-bond acceptors (Lipinski definition) is 4. The average molecular weight is 311 g/mol. The summed E-state index contributed by atoms with van der Waals surface area (Å²) in [5.74, 6) is 0.767. The number of rotatable bonds is 3. The number of carbonyl (C=O) groups is 1. The molecule has 0 aliphatic carbocycles. The van der Waals surface area contributed by atoms with Crippen molar-refractivity contribution in [2.45, 2.75) is 18.6 Å². The van der Waals surface area contributed by atoms with E-state index in [4.69, 9.17) is 4.74 Å². The monoisotopic (exact) mass is 311 g/mol. The summed E-state index contributed by atoms with van der Waals surface area (Å²) in [7, 11) is 1.68. The van der Waals surface area contributed by atoms with E-state index in [1.54, 1.807) is 32.0 Å². The first-order valence-electron chi connectivity index (χ1n) is 7.51. The van der Waals surface area contributed by atoms with Crippen LogP contribution in [0.4, 0.5) is 0 Å². The predicted molar refractivity (Wildman–Crippen MR) is 83.0 cm³/mol. The predicted octanol–water partition coefficient (Wildman–Crippen LogP) is 1.66. The summed E-state index contributed by atoms with van der Waals surface area (Å²) in [5, 5.41) is 0. The molecule has 3 aromatic heterocycles. The number of aromatic amines is 1. The van der Waals surface area contributed by atoms with Crippen molar-refractivity contribution in [1.29, 1.82) is 0 Å². The Hall–Kier alpha value is -2.67. The molecular formula is C16H17N5O2. The number of hydrogen-bond donors (Lipinski definition) is 1. The molecule has 0 radical (unpaired) electrons. The highest BCUT2D eigenvalue weighted by Gasteiger charge is 2.38. The van der Waals surface area contributed by atoms with Crippen LogP contribution in [0.25, 0.3) is 5.52 Å². The smallest absolute Gasteiger partial charge is 0.256 e. The van der Waals surface area contributed by atoms with Crippen LogP contribution in [-0.4, -0.2) is 49.9 Å². The lowest BCUT2D eigenvalue weighted by molar-refractivity contribution is 0.0684. The summed E-state index contributed by atoms with van der Waals surface area (Å²) >= 11 is 0. The van der Waals surface area contributed by atoms with Crippen molar-refractivity contribution in [2.75, 3.05) is 13.7 Å². The summed E-state index contributed by atoms with van der Waals surface area (Å²) in [6.07, 6.45) is 9.50. The molecule has 7 nitrogen and oxygen atoms in total. The van der Waals surface area contributed by atoms with Gasteiger partial charge in [0.15, 0.2) is 0 Å². The molecule has 1 aliphatic heterocycles. The van der Waals surface area contributed by atoms with Crippen LogP contribution in [0.3, 0.4) is 0 Å². The van der Waals surface area contributed by atoms with Gasteiger partial charge in [-0.05, 0) is 12.1 Å². The van der Waals surface area contributed by atoms with E-state index in [1.165, 1.54) is 0 Å². The summed E-state index contributed by atoms with van der Waals surface area (Å²) in [6, 6.07) is 3.63. The number of likely N-dealkylation sites (tertiary alicyclic amines) is 1. The summed E-state index contributed by atoms with van der Waals surface area (Å²) in [4.78, 5) is 26.3. The van der Waals surface area contributed by atoms with Gasteiger partial charge in [0.25, 0.3) is 5.91 Å². The van der Waals surface area contributed by atoms with E-state index in [1.807, 2.05) is 27.6 Å². The molecule has 1 aliphatic rings. The van der Waals surface area contributed by atoms with Crippen LogP contribution in [0.5, 0.6) is 0 Å². The molecule has 118 valence electrons. The second-order valence-corrected chi connectivity index (χ2v) is 5.68. The number of methoxy groups -OCH3 is 1. The second kappa shape index (κ2) is 5.51. The maximum atomic E-state index is 13.0. The van der Waals surface area contributed by atoms with Gasteiger partial charge in [-0.1, -0.05) is 0 Å². The van der Waals surface area contributed by atoms with Crippen molar-refractivity contribution in [1.82, 2.24) is 24.3 Å². The molecule has 1 saturated heterocycles. The van der Waals surface area contributed by atoms with E-state index in [2.05, 4.69) is 15.0 Å². The highest BCUT2D eigenvalue weighted by Crippen LogP contribution is 2.32. The number of pyridine rings is 1. The van der Waals surface area contributed by atoms with Gasteiger partial charge in [-0.25, -0.2) is 9.97 Å². The number of aromatic nitrogens is 4. The molecule has 4 heterocycles. The van der Waals surface area contributed by atoms with Gasteiger partial charge in [-0.15, -0.1) is 0 Å². The van der Waals surface area contributed by atoms with Gasteiger partial charge in [-0.2, -0.15) is 0 Å². The molecule has 1 fully saturated rings. The molecule has 4 rings (SSSR count). The lowest BCUT2D eigenvalue weighted by Crippen LogP contribution is -2.32. The van der Waals surface area contributed by atoms with Crippen molar-refractivity contribution in [2.24, 2.45) is 0 Å². The fraction of sp³-hybridized carbons (Fsp3) is 0.312. The fourth-order valence-corrected chi connectivity index (χ4v) is 3.12. The quantitative estimate of drug-likeness (QED) is 0.798. The molecule has 7 heteroatoms. The Morgan fingerprint density at radius 2 is 2.35 bits per heavy atom. The number of imidazole rings is 2. The number of nitrogens with one attached hydrogen (secondary N) is 1. The van der Waals surface area contributed by atoms with Gasteiger partial charge in [0.2, 0.25) is 0 Å². The van der Waals surface area contributed by atoms with Crippen molar-refractivity contribution in [3.05, 3.63) is 54.6 Å². The Kier molecular flexibility index (Phi) is 3.34. The lowest BCUT2D eigenvalue weighted by atomic mass is 10.1. The van der Waals surface area contributed by atoms with E-state index < -0.39 is 0 Å². The Bertz CT molecular complexity index is 826. The zero-order valence-electron chi connectivity index (χ0n) is 12.7. The molecular weight excluding hydrogens is 294 g/mol. The second-order valence-electron chi connectivity index (χ2n) is 5.68. The average Bonchev–Trinajstić information content (AvgIpc) is 3.31. The van der Waals surface area contributed by atoms with Crippen LogP contribution >= 0.6 is 0 Å². The Labute approximate surface area is 132 Å². The minimum Gasteiger partial charge on any atom is -0.380 e. The van der Waals surface area contributed by atoms with Crippen LogP contribution in [0, 0.1) is 0 Å². The first-order valence-corrected chi connectivity index (χ1v) is 7.51. The number of fused-ring (bicyclic) bond motifs is 1. The molecule has 0 spiro atoms. The number of amides is 1. The number of nitrogens with zero attached hydrogens (tertiary/aromatic N) is 4. The summed E-state index contributed by atoms with van der Waals surface area (Å²) in [5.41, 5.74) is 1.59. The first-order chi connectivity index (χ1) is 11.3. The topological polar surface area (TPSA) is 75.5 Å². The zero-order valence-corrected chi connectivity index (χ0v) is 12.7. The van der Waals surface area contributed by atoms with Crippen LogP contribution < -0.4 is 0 Å². The maximum absolute atomic E-state index is 13.0. The number of H-pyrrole nitrogens is 1. The van der Waals surface area contributed by atoms with Gasteiger partial charge in [0, 0.05) is 38.7 Å². The zero-order chi connectivity index (χ0) is 15.8. The fourth-order valence-electron chi connectivity index (χ4n) is 3.12.